The Kier molecular flexibility index (Phi) is 5.16. The van der Waals surface area contributed by atoms with Gasteiger partial charge in [0.1, 0.15) is 17.1 Å². The number of nitrogens with one attached hydrogen (secondary N) is 1. The maximum atomic E-state index is 13.7. The van der Waals surface area contributed by atoms with Gasteiger partial charge in [-0.2, -0.15) is 5.26 Å². The Morgan fingerprint density at radius 3 is 2.65 bits per heavy atom. The highest BCUT2D eigenvalue weighted by atomic mass is 19.1. The summed E-state index contributed by atoms with van der Waals surface area (Å²) < 4.78 is 23.4. The minimum atomic E-state index is -0.947. The van der Waals surface area contributed by atoms with E-state index < -0.39 is 29.8 Å². The summed E-state index contributed by atoms with van der Waals surface area (Å²) in [4.78, 5) is 23.6. The van der Waals surface area contributed by atoms with Crippen molar-refractivity contribution in [2.45, 2.75) is 31.2 Å². The number of hydrogen-bond donors (Lipinski definition) is 1. The number of halogens is 1. The molecule has 122 valence electrons. The van der Waals surface area contributed by atoms with E-state index in [2.05, 4.69) is 11.4 Å². The third-order valence-electron chi connectivity index (χ3n) is 3.78. The van der Waals surface area contributed by atoms with Crippen LogP contribution >= 0.6 is 0 Å². The molecule has 0 aromatic heterocycles. The molecule has 1 fully saturated rings. The first kappa shape index (κ1) is 16.7. The summed E-state index contributed by atoms with van der Waals surface area (Å²) in [6.07, 6.45) is 2.89. The van der Waals surface area contributed by atoms with Gasteiger partial charge in [-0.3, -0.25) is 4.79 Å². The fourth-order valence-electron chi connectivity index (χ4n) is 2.54. The third kappa shape index (κ3) is 3.97. The van der Waals surface area contributed by atoms with Gasteiger partial charge < -0.3 is 14.8 Å². The molecule has 2 rings (SSSR count). The van der Waals surface area contributed by atoms with E-state index in [0.717, 1.165) is 18.9 Å². The molecule has 1 N–H and O–H groups in total. The van der Waals surface area contributed by atoms with Gasteiger partial charge in [0, 0.05) is 6.07 Å². The number of hydrogen-bond acceptors (Lipinski definition) is 5. The summed E-state index contributed by atoms with van der Waals surface area (Å²) >= 11 is 0. The van der Waals surface area contributed by atoms with Crippen molar-refractivity contribution in [3.63, 3.8) is 0 Å². The molecule has 1 aliphatic carbocycles. The maximum absolute atomic E-state index is 13.7. The lowest BCUT2D eigenvalue weighted by molar-refractivity contribution is -0.125. The quantitative estimate of drug-likeness (QED) is 0.838. The van der Waals surface area contributed by atoms with Crippen LogP contribution in [0.25, 0.3) is 0 Å². The summed E-state index contributed by atoms with van der Waals surface area (Å²) in [5.41, 5.74) is -1.16. The van der Waals surface area contributed by atoms with Crippen LogP contribution in [0.1, 0.15) is 36.0 Å². The van der Waals surface area contributed by atoms with E-state index in [1.165, 1.54) is 19.2 Å². The monoisotopic (exact) mass is 320 g/mol. The second-order valence-corrected chi connectivity index (χ2v) is 5.37. The molecule has 0 atom stereocenters. The summed E-state index contributed by atoms with van der Waals surface area (Å²) in [6, 6.07) is 5.80. The van der Waals surface area contributed by atoms with E-state index in [4.69, 9.17) is 9.47 Å². The van der Waals surface area contributed by atoms with E-state index in [9.17, 15) is 19.2 Å². The number of rotatable bonds is 5. The van der Waals surface area contributed by atoms with Gasteiger partial charge in [0.05, 0.1) is 18.7 Å². The van der Waals surface area contributed by atoms with Crippen LogP contribution in [0.2, 0.25) is 0 Å². The van der Waals surface area contributed by atoms with Gasteiger partial charge in [0.25, 0.3) is 5.91 Å². The summed E-state index contributed by atoms with van der Waals surface area (Å²) in [5.74, 6) is -2.04. The first-order valence-electron chi connectivity index (χ1n) is 7.22. The van der Waals surface area contributed by atoms with Gasteiger partial charge in [-0.15, -0.1) is 0 Å². The average Bonchev–Trinajstić information content (AvgIpc) is 3.01. The molecule has 0 bridgehead atoms. The Morgan fingerprint density at radius 2 is 2.09 bits per heavy atom. The number of methoxy groups -OCH3 is 1. The van der Waals surface area contributed by atoms with Gasteiger partial charge in [-0.05, 0) is 37.8 Å². The largest absolute Gasteiger partial charge is 0.497 e. The molecule has 0 spiro atoms. The first-order valence-corrected chi connectivity index (χ1v) is 7.22. The van der Waals surface area contributed by atoms with E-state index in [1.807, 2.05) is 0 Å². The van der Waals surface area contributed by atoms with Gasteiger partial charge in [0.2, 0.25) is 0 Å². The van der Waals surface area contributed by atoms with Gasteiger partial charge >= 0.3 is 5.97 Å². The van der Waals surface area contributed by atoms with Crippen molar-refractivity contribution in [1.82, 2.24) is 5.32 Å². The highest BCUT2D eigenvalue weighted by molar-refractivity contribution is 5.91. The normalized spacial score (nSPS) is 15.5. The topological polar surface area (TPSA) is 88.4 Å². The maximum Gasteiger partial charge on any atom is 0.341 e. The summed E-state index contributed by atoms with van der Waals surface area (Å²) in [5, 5.41) is 11.8. The minimum absolute atomic E-state index is 0.272. The number of nitrogens with zero attached hydrogens (tertiary/aromatic N) is 1. The minimum Gasteiger partial charge on any atom is -0.497 e. The molecule has 1 saturated carbocycles. The molecule has 6 nitrogen and oxygen atoms in total. The zero-order valence-corrected chi connectivity index (χ0v) is 12.7. The highest BCUT2D eigenvalue weighted by Gasteiger charge is 2.35. The molecule has 0 unspecified atom stereocenters. The molecule has 0 heterocycles. The second-order valence-electron chi connectivity index (χ2n) is 5.37. The predicted octanol–water partition coefficient (Wildman–Crippen LogP) is 1.94. The number of amides is 1. The van der Waals surface area contributed by atoms with Crippen molar-refractivity contribution in [3.8, 4) is 11.8 Å². The van der Waals surface area contributed by atoms with Crippen molar-refractivity contribution in [2.75, 3.05) is 13.7 Å². The van der Waals surface area contributed by atoms with Crippen LogP contribution in [-0.2, 0) is 9.53 Å². The molecular weight excluding hydrogens is 303 g/mol. The van der Waals surface area contributed by atoms with Crippen molar-refractivity contribution >= 4 is 11.9 Å². The van der Waals surface area contributed by atoms with Crippen molar-refractivity contribution < 1.29 is 23.5 Å². The molecule has 1 amide bonds. The SMILES string of the molecule is COc1ccc(C(=O)OCC(=O)NC2(C#N)CCCC2)c(F)c1. The second kappa shape index (κ2) is 7.09. The number of nitriles is 1. The van der Waals surface area contributed by atoms with E-state index >= 15 is 0 Å². The number of carbonyl (C=O) groups excluding carboxylic acids is 2. The smallest absolute Gasteiger partial charge is 0.341 e. The molecule has 7 heteroatoms. The lowest BCUT2D eigenvalue weighted by atomic mass is 10.00. The van der Waals surface area contributed by atoms with Crippen molar-refractivity contribution in [2.24, 2.45) is 0 Å². The molecule has 1 aromatic carbocycles. The standard InChI is InChI=1S/C16H17FN2O4/c1-22-11-4-5-12(13(17)8-11)15(21)23-9-14(20)19-16(10-18)6-2-3-7-16/h4-5,8H,2-3,6-7,9H2,1H3,(H,19,20). The highest BCUT2D eigenvalue weighted by Crippen LogP contribution is 2.28. The van der Waals surface area contributed by atoms with Crippen LogP contribution in [-0.4, -0.2) is 31.1 Å². The Hall–Kier alpha value is -2.62. The fourth-order valence-corrected chi connectivity index (χ4v) is 2.54. The molecule has 1 aromatic rings. The fraction of sp³-hybridized carbons (Fsp3) is 0.438. The molecular formula is C16H17FN2O4. The Labute approximate surface area is 133 Å². The van der Waals surface area contributed by atoms with Crippen molar-refractivity contribution in [1.29, 1.82) is 5.26 Å². The van der Waals surface area contributed by atoms with Crippen LogP contribution in [0.15, 0.2) is 18.2 Å². The zero-order chi connectivity index (χ0) is 16.9. The number of esters is 1. The van der Waals surface area contributed by atoms with E-state index in [1.54, 1.807) is 0 Å². The van der Waals surface area contributed by atoms with Crippen LogP contribution in [0, 0.1) is 17.1 Å². The van der Waals surface area contributed by atoms with E-state index in [-0.39, 0.29) is 11.3 Å². The van der Waals surface area contributed by atoms with Crippen LogP contribution < -0.4 is 10.1 Å². The predicted molar refractivity (Wildman–Crippen MR) is 78.2 cm³/mol. The average molecular weight is 320 g/mol. The van der Waals surface area contributed by atoms with Gasteiger partial charge in [-0.25, -0.2) is 9.18 Å². The van der Waals surface area contributed by atoms with E-state index in [0.29, 0.717) is 12.8 Å². The lowest BCUT2D eigenvalue weighted by Crippen LogP contribution is -2.46. The molecule has 1 aliphatic rings. The van der Waals surface area contributed by atoms with Crippen LogP contribution in [0.4, 0.5) is 4.39 Å². The Balaban J connectivity index is 1.91. The Morgan fingerprint density at radius 1 is 1.39 bits per heavy atom. The summed E-state index contributed by atoms with van der Waals surface area (Å²) in [6.45, 7) is -0.562. The molecule has 23 heavy (non-hydrogen) atoms. The number of carbonyl (C=O) groups is 2. The van der Waals surface area contributed by atoms with Gasteiger partial charge in [-0.1, -0.05) is 0 Å². The zero-order valence-electron chi connectivity index (χ0n) is 12.7. The summed E-state index contributed by atoms with van der Waals surface area (Å²) in [7, 11) is 1.38. The number of benzene rings is 1. The third-order valence-corrected chi connectivity index (χ3v) is 3.78. The van der Waals surface area contributed by atoms with Crippen LogP contribution in [0.5, 0.6) is 5.75 Å². The lowest BCUT2D eigenvalue weighted by Gasteiger charge is -2.21. The Bertz CT molecular complexity index is 648. The molecule has 0 saturated heterocycles. The first-order chi connectivity index (χ1) is 11.0. The molecule has 0 aliphatic heterocycles. The van der Waals surface area contributed by atoms with Crippen LogP contribution in [0.3, 0.4) is 0 Å². The van der Waals surface area contributed by atoms with Gasteiger partial charge in [0.15, 0.2) is 6.61 Å². The molecule has 0 radical (unpaired) electrons. The van der Waals surface area contributed by atoms with Crippen molar-refractivity contribution in [3.05, 3.63) is 29.6 Å². The number of ether oxygens (including phenoxy) is 2.